The molecular formula is C70H102F2N16O7. The van der Waals surface area contributed by atoms with E-state index in [2.05, 4.69) is 92.0 Å². The number of nitrogens with one attached hydrogen (secondary N) is 8. The van der Waals surface area contributed by atoms with Crippen LogP contribution in [0.25, 0.3) is 0 Å². The van der Waals surface area contributed by atoms with Gasteiger partial charge in [-0.05, 0) is 138 Å². The Balaban J connectivity index is 0.559. The highest BCUT2D eigenvalue weighted by Crippen LogP contribution is 2.37. The average molecular weight is 1320 g/mol. The number of hydrogen-bond acceptors (Lipinski definition) is 16. The minimum Gasteiger partial charge on any atom is -0.370 e. The summed E-state index contributed by atoms with van der Waals surface area (Å²) in [6, 6.07) is 9.68. The number of piperazine rings is 1. The van der Waals surface area contributed by atoms with Gasteiger partial charge < -0.3 is 62.1 Å². The summed E-state index contributed by atoms with van der Waals surface area (Å²) in [6.07, 6.45) is 12.8. The number of anilines is 3. The van der Waals surface area contributed by atoms with E-state index in [-0.39, 0.29) is 96.8 Å². The number of likely N-dealkylation sites (tertiary alicyclic amines) is 4. The predicted octanol–water partition coefficient (Wildman–Crippen LogP) is 3.98. The second-order valence-corrected chi connectivity index (χ2v) is 29.3. The predicted molar refractivity (Wildman–Crippen MR) is 359 cm³/mol. The van der Waals surface area contributed by atoms with E-state index in [9.17, 15) is 33.6 Å². The molecule has 25 heteroatoms. The summed E-state index contributed by atoms with van der Waals surface area (Å²) in [5.74, 6) is -0.433. The van der Waals surface area contributed by atoms with Gasteiger partial charge in [-0.1, -0.05) is 57.4 Å². The van der Waals surface area contributed by atoms with Crippen LogP contribution in [0, 0.1) is 34.8 Å². The number of nitrogens with zero attached hydrogens (tertiary/aromatic N) is 8. The van der Waals surface area contributed by atoms with E-state index < -0.39 is 41.3 Å². The molecule has 0 bridgehead atoms. The molecule has 7 heterocycles. The van der Waals surface area contributed by atoms with E-state index in [0.717, 1.165) is 115 Å². The lowest BCUT2D eigenvalue weighted by Crippen LogP contribution is -2.66. The van der Waals surface area contributed by atoms with Gasteiger partial charge >= 0.3 is 0 Å². The first-order chi connectivity index (χ1) is 45.8. The van der Waals surface area contributed by atoms with Crippen LogP contribution < -0.4 is 52.3 Å². The Bertz CT molecular complexity index is 3190. The summed E-state index contributed by atoms with van der Waals surface area (Å²) >= 11 is 0. The van der Waals surface area contributed by atoms with Crippen molar-refractivity contribution in [2.24, 2.45) is 23.2 Å². The summed E-state index contributed by atoms with van der Waals surface area (Å²) in [5, 5.41) is 24.9. The standard InChI is InChI=1S/C70H102F2N16O7/c1-46(73-4)66(93)81-65(48-13-6-5-7-14-48)68(95)88-41-52(33-58(88)67(94)80-56-17-10-15-47-12-8-9-16-53(47)56)79-62(90)19-18-61(89)76-26-31-84-37-50-39-85(40-51(50)38-84)42-63(91)75-25-11-24-74-59-35-60(78-45-77-59)86-29-22-70(23-30-86)44-87(43-64(92)82-70)57-34-54(71)49(32-55(57)72)36-83-27-20-69(2,3)21-28-83/h8-9,12,16,32,34-35,45-46,48,50-52,56,58,65,73H,5-7,10-11,13-15,17-31,33,36-44H2,1-4H3,(H,75,91)(H,76,89)(H,79,90)(H,80,94)(H,81,93)(H,82,92)(H,74,77,78)/t46-,50-,51+,52-,56?,58-,65-/m0/s1. The Kier molecular flexibility index (Phi) is 22.9. The maximum Gasteiger partial charge on any atom is 0.246 e. The van der Waals surface area contributed by atoms with Gasteiger partial charge in [-0.15, -0.1) is 0 Å². The molecule has 2 aromatic carbocycles. The number of benzene rings is 2. The summed E-state index contributed by atoms with van der Waals surface area (Å²) in [5.41, 5.74) is 2.39. The number of fused-ring (bicyclic) bond motifs is 2. The third kappa shape index (κ3) is 17.9. The van der Waals surface area contributed by atoms with Gasteiger partial charge in [0.15, 0.2) is 0 Å². The number of aromatic nitrogens is 2. The van der Waals surface area contributed by atoms with E-state index in [4.69, 9.17) is 0 Å². The van der Waals surface area contributed by atoms with Crippen LogP contribution in [0.15, 0.2) is 48.8 Å². The number of carbonyl (C=O) groups excluding carboxylic acids is 7. The van der Waals surface area contributed by atoms with Crippen LogP contribution >= 0.6 is 0 Å². The molecule has 6 aliphatic heterocycles. The highest BCUT2D eigenvalue weighted by molar-refractivity contribution is 5.94. The van der Waals surface area contributed by atoms with Gasteiger partial charge in [0.25, 0.3) is 0 Å². The molecule has 0 radical (unpaired) electrons. The summed E-state index contributed by atoms with van der Waals surface area (Å²) in [6.45, 7) is 15.9. The first kappa shape index (κ1) is 69.3. The molecule has 1 spiro atoms. The minimum atomic E-state index is -0.859. The van der Waals surface area contributed by atoms with Crippen molar-refractivity contribution < 1.29 is 42.3 Å². The molecule has 3 aromatic rings. The SMILES string of the molecule is CN[C@@H](C)C(=O)N[C@H](C(=O)N1C[C@@H](NC(=O)CCC(=O)NCCN2C[C@@H]3CN(CC(=O)NCCCNc4cc(N5CCC6(CC5)CN(c5cc(F)c(CN7CCC(C)(C)CC7)cc5F)CC(=O)N6)ncn4)C[C@@H]3C2)C[C@H]1C(=O)NC1CCCc2ccccc21)C1CCCCC1. The molecule has 1 aromatic heterocycles. The summed E-state index contributed by atoms with van der Waals surface area (Å²) in [7, 11) is 1.70. The Labute approximate surface area is 558 Å². The fourth-order valence-corrected chi connectivity index (χ4v) is 16.0. The number of amides is 7. The van der Waals surface area contributed by atoms with Crippen LogP contribution in [-0.4, -0.2) is 212 Å². The molecule has 1 saturated carbocycles. The zero-order valence-corrected chi connectivity index (χ0v) is 56.3. The number of rotatable bonds is 25. The van der Waals surface area contributed by atoms with Crippen molar-refractivity contribution in [2.75, 3.05) is 127 Å². The number of likely N-dealkylation sites (N-methyl/N-ethyl adjacent to an activating group) is 1. The van der Waals surface area contributed by atoms with Crippen molar-refractivity contribution in [1.82, 2.24) is 66.8 Å². The molecule has 2 aliphatic carbocycles. The maximum atomic E-state index is 15.8. The van der Waals surface area contributed by atoms with E-state index >= 15 is 8.78 Å². The lowest BCUT2D eigenvalue weighted by molar-refractivity contribution is -0.143. The Morgan fingerprint density at radius 3 is 2.23 bits per heavy atom. The Hall–Kier alpha value is -7.09. The van der Waals surface area contributed by atoms with Crippen LogP contribution in [0.5, 0.6) is 0 Å². The topological polar surface area (TPSA) is 261 Å². The Morgan fingerprint density at radius 1 is 0.747 bits per heavy atom. The zero-order chi connectivity index (χ0) is 66.8. The molecule has 7 amide bonds. The monoisotopic (exact) mass is 1320 g/mol. The largest absolute Gasteiger partial charge is 0.370 e. The summed E-state index contributed by atoms with van der Waals surface area (Å²) < 4.78 is 31.3. The fourth-order valence-electron chi connectivity index (χ4n) is 16.0. The number of hydrogen-bond donors (Lipinski definition) is 8. The van der Waals surface area contributed by atoms with Crippen molar-refractivity contribution in [1.29, 1.82) is 0 Å². The quantitative estimate of drug-likeness (QED) is 0.0558. The number of halogens is 2. The minimum absolute atomic E-state index is 0.00785. The highest BCUT2D eigenvalue weighted by atomic mass is 19.1. The van der Waals surface area contributed by atoms with E-state index in [1.807, 2.05) is 24.3 Å². The van der Waals surface area contributed by atoms with Crippen LogP contribution in [0.2, 0.25) is 0 Å². The van der Waals surface area contributed by atoms with Gasteiger partial charge in [0.1, 0.15) is 41.7 Å². The molecule has 8 aliphatic rings. The highest BCUT2D eigenvalue weighted by Gasteiger charge is 2.47. The third-order valence-electron chi connectivity index (χ3n) is 21.8. The first-order valence-electron chi connectivity index (χ1n) is 35.3. The number of piperidine rings is 2. The molecule has 11 rings (SSSR count). The van der Waals surface area contributed by atoms with Crippen molar-refractivity contribution in [3.8, 4) is 0 Å². The smallest absolute Gasteiger partial charge is 0.246 e. The van der Waals surface area contributed by atoms with E-state index in [0.29, 0.717) is 101 Å². The van der Waals surface area contributed by atoms with E-state index in [1.165, 1.54) is 24.0 Å². The molecule has 1 unspecified atom stereocenters. The van der Waals surface area contributed by atoms with Crippen molar-refractivity contribution in [2.45, 2.75) is 166 Å². The Morgan fingerprint density at radius 2 is 1.47 bits per heavy atom. The molecule has 95 heavy (non-hydrogen) atoms. The average Bonchev–Trinajstić information content (AvgIpc) is 0.850. The fraction of sp³-hybridized carbons (Fsp3) is 0.671. The van der Waals surface area contributed by atoms with Crippen molar-refractivity contribution in [3.63, 3.8) is 0 Å². The molecule has 6 saturated heterocycles. The van der Waals surface area contributed by atoms with Crippen molar-refractivity contribution >= 4 is 58.7 Å². The molecule has 8 N–H and O–H groups in total. The molecule has 7 fully saturated rings. The van der Waals surface area contributed by atoms with Crippen LogP contribution in [0.1, 0.15) is 140 Å². The molecular weight excluding hydrogens is 1210 g/mol. The van der Waals surface area contributed by atoms with Gasteiger partial charge in [-0.25, -0.2) is 18.7 Å². The molecule has 7 atom stereocenters. The van der Waals surface area contributed by atoms with Crippen LogP contribution in [0.3, 0.4) is 0 Å². The number of aryl methyl sites for hydroxylation is 1. The van der Waals surface area contributed by atoms with Gasteiger partial charge in [0.2, 0.25) is 41.4 Å². The normalized spacial score (nSPS) is 24.5. The van der Waals surface area contributed by atoms with Crippen LogP contribution in [0.4, 0.5) is 26.1 Å². The van der Waals surface area contributed by atoms with Gasteiger partial charge in [-0.3, -0.25) is 43.4 Å². The second kappa shape index (κ2) is 31.4. The third-order valence-corrected chi connectivity index (χ3v) is 21.8. The summed E-state index contributed by atoms with van der Waals surface area (Å²) in [4.78, 5) is 116. The van der Waals surface area contributed by atoms with Gasteiger partial charge in [0, 0.05) is 122 Å². The van der Waals surface area contributed by atoms with Gasteiger partial charge in [-0.2, -0.15) is 0 Å². The van der Waals surface area contributed by atoms with Gasteiger partial charge in [0.05, 0.1) is 36.4 Å². The maximum absolute atomic E-state index is 15.8. The lowest BCUT2D eigenvalue weighted by atomic mass is 9.82. The lowest BCUT2D eigenvalue weighted by Gasteiger charge is -2.48. The molecule has 23 nitrogen and oxygen atoms in total. The second-order valence-electron chi connectivity index (χ2n) is 29.3. The number of carbonyl (C=O) groups is 7. The van der Waals surface area contributed by atoms with E-state index in [1.54, 1.807) is 23.8 Å². The van der Waals surface area contributed by atoms with Crippen LogP contribution in [-0.2, 0) is 46.5 Å². The zero-order valence-electron chi connectivity index (χ0n) is 56.3. The first-order valence-corrected chi connectivity index (χ1v) is 35.3. The van der Waals surface area contributed by atoms with Crippen molar-refractivity contribution in [3.05, 3.63) is 77.1 Å². The molecule has 518 valence electrons.